The number of aliphatic hydroxyl groups is 1. The molecule has 5 nitrogen and oxygen atoms in total. The number of rotatable bonds is 0. The van der Waals surface area contributed by atoms with E-state index in [9.17, 15) is 9.90 Å². The van der Waals surface area contributed by atoms with Gasteiger partial charge >= 0.3 is 6.09 Å². The van der Waals surface area contributed by atoms with Gasteiger partial charge in [-0.3, -0.25) is 0 Å². The van der Waals surface area contributed by atoms with E-state index in [1.54, 1.807) is 4.90 Å². The fourth-order valence-corrected chi connectivity index (χ4v) is 1.46. The number of nitrogens with zero attached hydrogens (tertiary/aromatic N) is 1. The molecule has 0 aromatic heterocycles. The second-order valence-corrected chi connectivity index (χ2v) is 4.95. The summed E-state index contributed by atoms with van der Waals surface area (Å²) in [6, 6.07) is -0.369. The molecule has 0 aliphatic carbocycles. The maximum Gasteiger partial charge on any atom is 0.410 e. The summed E-state index contributed by atoms with van der Waals surface area (Å²) in [5, 5.41) is 9.41. The molecule has 3 N–H and O–H groups in total. The molecule has 1 aliphatic heterocycles. The second-order valence-electron chi connectivity index (χ2n) is 4.95. The first-order valence-corrected chi connectivity index (χ1v) is 5.21. The van der Waals surface area contributed by atoms with E-state index in [1.165, 1.54) is 0 Å². The van der Waals surface area contributed by atoms with Crippen LogP contribution in [0.25, 0.3) is 0 Å². The Bertz CT molecular complexity index is 237. The third kappa shape index (κ3) is 3.68. The topological polar surface area (TPSA) is 75.8 Å². The summed E-state index contributed by atoms with van der Waals surface area (Å²) in [7, 11) is 0. The molecular weight excluding hydrogens is 196 g/mol. The molecule has 1 fully saturated rings. The van der Waals surface area contributed by atoms with Gasteiger partial charge in [0.2, 0.25) is 0 Å². The number of hydrogen-bond donors (Lipinski definition) is 2. The zero-order valence-electron chi connectivity index (χ0n) is 9.56. The van der Waals surface area contributed by atoms with Crippen molar-refractivity contribution in [1.29, 1.82) is 0 Å². The predicted molar refractivity (Wildman–Crippen MR) is 56.4 cm³/mol. The van der Waals surface area contributed by atoms with Crippen molar-refractivity contribution in [3.05, 3.63) is 0 Å². The van der Waals surface area contributed by atoms with E-state index >= 15 is 0 Å². The summed E-state index contributed by atoms with van der Waals surface area (Å²) >= 11 is 0. The van der Waals surface area contributed by atoms with Gasteiger partial charge in [0.15, 0.2) is 0 Å². The predicted octanol–water partition coefficient (Wildman–Crippen LogP) is 0.315. The molecule has 1 amide bonds. The summed E-state index contributed by atoms with van der Waals surface area (Å²) in [6.45, 7) is 6.33. The van der Waals surface area contributed by atoms with Gasteiger partial charge in [-0.2, -0.15) is 0 Å². The molecule has 0 aromatic rings. The van der Waals surface area contributed by atoms with Gasteiger partial charge < -0.3 is 20.5 Å². The highest BCUT2D eigenvalue weighted by Crippen LogP contribution is 2.14. The van der Waals surface area contributed by atoms with Gasteiger partial charge in [-0.25, -0.2) is 4.79 Å². The molecule has 1 saturated heterocycles. The molecule has 1 rings (SSSR count). The Morgan fingerprint density at radius 1 is 1.53 bits per heavy atom. The van der Waals surface area contributed by atoms with Crippen LogP contribution in [-0.2, 0) is 4.74 Å². The number of aliphatic hydroxyl groups excluding tert-OH is 1. The van der Waals surface area contributed by atoms with E-state index in [4.69, 9.17) is 10.5 Å². The van der Waals surface area contributed by atoms with Crippen LogP contribution < -0.4 is 5.73 Å². The number of carbonyl (C=O) groups is 1. The van der Waals surface area contributed by atoms with Gasteiger partial charge in [0.1, 0.15) is 5.60 Å². The standard InChI is InChI=1S/C10H20N2O3/c1-10(2,3)15-9(14)12-5-4-8(13)7(11)6-12/h7-8,13H,4-6,11H2,1-3H3/t7-,8?/m0/s1. The number of ether oxygens (including phenoxy) is 1. The van der Waals surface area contributed by atoms with Crippen LogP contribution in [0.15, 0.2) is 0 Å². The van der Waals surface area contributed by atoms with Gasteiger partial charge in [-0.15, -0.1) is 0 Å². The minimum Gasteiger partial charge on any atom is -0.444 e. The molecular formula is C10H20N2O3. The van der Waals surface area contributed by atoms with Crippen molar-refractivity contribution in [2.75, 3.05) is 13.1 Å². The number of nitrogens with two attached hydrogens (primary N) is 1. The minimum absolute atomic E-state index is 0.357. The van der Waals surface area contributed by atoms with E-state index in [0.717, 1.165) is 0 Å². The molecule has 0 spiro atoms. The molecule has 5 heteroatoms. The number of amides is 1. The molecule has 0 aromatic carbocycles. The van der Waals surface area contributed by atoms with Gasteiger partial charge in [0.25, 0.3) is 0 Å². The first-order valence-electron chi connectivity index (χ1n) is 5.21. The lowest BCUT2D eigenvalue weighted by Crippen LogP contribution is -2.53. The number of piperidine rings is 1. The average molecular weight is 216 g/mol. The smallest absolute Gasteiger partial charge is 0.410 e. The molecule has 88 valence electrons. The van der Waals surface area contributed by atoms with Crippen LogP contribution >= 0.6 is 0 Å². The van der Waals surface area contributed by atoms with E-state index in [-0.39, 0.29) is 12.1 Å². The Morgan fingerprint density at radius 2 is 2.13 bits per heavy atom. The Kier molecular flexibility index (Phi) is 3.57. The molecule has 0 bridgehead atoms. The van der Waals surface area contributed by atoms with E-state index in [0.29, 0.717) is 19.5 Å². The highest BCUT2D eigenvalue weighted by molar-refractivity contribution is 5.68. The van der Waals surface area contributed by atoms with Crippen LogP contribution in [-0.4, -0.2) is 46.9 Å². The normalized spacial score (nSPS) is 27.7. The Labute approximate surface area is 90.2 Å². The first-order chi connectivity index (χ1) is 6.79. The number of carbonyl (C=O) groups excluding carboxylic acids is 1. The monoisotopic (exact) mass is 216 g/mol. The van der Waals surface area contributed by atoms with E-state index in [2.05, 4.69) is 0 Å². The SMILES string of the molecule is CC(C)(C)OC(=O)N1CCC(O)[C@@H](N)C1. The average Bonchev–Trinajstić information content (AvgIpc) is 2.06. The van der Waals surface area contributed by atoms with Gasteiger partial charge in [-0.05, 0) is 27.2 Å². The lowest BCUT2D eigenvalue weighted by molar-refractivity contribution is 0.00490. The van der Waals surface area contributed by atoms with E-state index < -0.39 is 11.7 Å². The first kappa shape index (κ1) is 12.3. The van der Waals surface area contributed by atoms with E-state index in [1.807, 2.05) is 20.8 Å². The zero-order chi connectivity index (χ0) is 11.6. The molecule has 2 atom stereocenters. The van der Waals surface area contributed by atoms with Crippen molar-refractivity contribution in [3.8, 4) is 0 Å². The summed E-state index contributed by atoms with van der Waals surface area (Å²) < 4.78 is 5.21. The largest absolute Gasteiger partial charge is 0.444 e. The van der Waals surface area contributed by atoms with Gasteiger partial charge in [-0.1, -0.05) is 0 Å². The fourth-order valence-electron chi connectivity index (χ4n) is 1.46. The van der Waals surface area contributed by atoms with Crippen molar-refractivity contribution >= 4 is 6.09 Å². The van der Waals surface area contributed by atoms with Crippen LogP contribution in [0.4, 0.5) is 4.79 Å². The Balaban J connectivity index is 2.48. The number of likely N-dealkylation sites (tertiary alicyclic amines) is 1. The van der Waals surface area contributed by atoms with Crippen molar-refractivity contribution < 1.29 is 14.6 Å². The Hall–Kier alpha value is -0.810. The van der Waals surface area contributed by atoms with Crippen molar-refractivity contribution in [1.82, 2.24) is 4.90 Å². The van der Waals surface area contributed by atoms with Crippen LogP contribution in [0.1, 0.15) is 27.2 Å². The lowest BCUT2D eigenvalue weighted by Gasteiger charge is -2.35. The molecule has 1 heterocycles. The maximum atomic E-state index is 11.6. The second kappa shape index (κ2) is 4.37. The van der Waals surface area contributed by atoms with Gasteiger partial charge in [0, 0.05) is 19.1 Å². The number of hydrogen-bond acceptors (Lipinski definition) is 4. The molecule has 0 radical (unpaired) electrons. The summed E-state index contributed by atoms with van der Waals surface area (Å²) in [6.07, 6.45) is -0.353. The van der Waals surface area contributed by atoms with Gasteiger partial charge in [0.05, 0.1) is 6.10 Å². The Morgan fingerprint density at radius 3 is 2.60 bits per heavy atom. The molecule has 1 aliphatic rings. The van der Waals surface area contributed by atoms with Crippen LogP contribution in [0.5, 0.6) is 0 Å². The van der Waals surface area contributed by atoms with Crippen molar-refractivity contribution in [3.63, 3.8) is 0 Å². The highest BCUT2D eigenvalue weighted by Gasteiger charge is 2.30. The molecule has 15 heavy (non-hydrogen) atoms. The summed E-state index contributed by atoms with van der Waals surface area (Å²) in [5.74, 6) is 0. The van der Waals surface area contributed by atoms with Crippen molar-refractivity contribution in [2.45, 2.75) is 44.9 Å². The zero-order valence-corrected chi connectivity index (χ0v) is 9.56. The van der Waals surface area contributed by atoms with Crippen LogP contribution in [0.2, 0.25) is 0 Å². The summed E-state index contributed by atoms with van der Waals surface area (Å²) in [4.78, 5) is 13.2. The van der Waals surface area contributed by atoms with Crippen LogP contribution in [0.3, 0.4) is 0 Å². The minimum atomic E-state index is -0.510. The van der Waals surface area contributed by atoms with Crippen LogP contribution in [0, 0.1) is 0 Å². The quantitative estimate of drug-likeness (QED) is 0.611. The molecule has 0 saturated carbocycles. The highest BCUT2D eigenvalue weighted by atomic mass is 16.6. The fraction of sp³-hybridized carbons (Fsp3) is 0.900. The lowest BCUT2D eigenvalue weighted by atomic mass is 10.0. The third-order valence-electron chi connectivity index (χ3n) is 2.27. The van der Waals surface area contributed by atoms with Crippen molar-refractivity contribution in [2.24, 2.45) is 5.73 Å². The maximum absolute atomic E-state index is 11.6. The molecule has 1 unspecified atom stereocenters. The summed E-state index contributed by atoms with van der Waals surface area (Å²) in [5.41, 5.74) is 5.18. The third-order valence-corrected chi connectivity index (χ3v) is 2.27.